The van der Waals surface area contributed by atoms with Gasteiger partial charge in [-0.1, -0.05) is 26.0 Å². The van der Waals surface area contributed by atoms with E-state index in [0.29, 0.717) is 30.8 Å². The Morgan fingerprint density at radius 3 is 2.79 bits per heavy atom. The van der Waals surface area contributed by atoms with Crippen LogP contribution in [0.5, 0.6) is 0 Å². The molecule has 4 aliphatic heterocycles. The lowest BCUT2D eigenvalue weighted by atomic mass is 9.85. The quantitative estimate of drug-likeness (QED) is 0.372. The van der Waals surface area contributed by atoms with Crippen molar-refractivity contribution in [2.75, 3.05) is 18.9 Å². The maximum Gasteiger partial charge on any atom is 0.240 e. The number of carbonyl (C=O) groups is 1. The Labute approximate surface area is 200 Å². The molecule has 0 aromatic rings. The van der Waals surface area contributed by atoms with E-state index in [1.54, 1.807) is 0 Å². The predicted molar refractivity (Wildman–Crippen MR) is 127 cm³/mol. The number of thioether (sulfide) groups is 1. The van der Waals surface area contributed by atoms with Crippen LogP contribution in [0.15, 0.2) is 12.2 Å². The van der Waals surface area contributed by atoms with Crippen LogP contribution < -0.4 is 10.6 Å². The number of ether oxygens (including phenoxy) is 2. The van der Waals surface area contributed by atoms with Gasteiger partial charge in [0.05, 0.1) is 12.1 Å². The Hall–Kier alpha value is -0.680. The minimum atomic E-state index is -1.32. The predicted octanol–water partition coefficient (Wildman–Crippen LogP) is 0.791. The average molecular weight is 485 g/mol. The summed E-state index contributed by atoms with van der Waals surface area (Å²) < 4.78 is 12.2. The molecule has 0 aromatic carbocycles. The average Bonchev–Trinajstić information content (AvgIpc) is 3.06. The summed E-state index contributed by atoms with van der Waals surface area (Å²) in [5.41, 5.74) is -0.642. The molecule has 33 heavy (non-hydrogen) atoms. The van der Waals surface area contributed by atoms with Gasteiger partial charge in [-0.2, -0.15) is 0 Å². The normalized spacial score (nSPS) is 44.2. The molecule has 4 aliphatic rings. The number of carbonyl (C=O) groups excluding carboxylic acids is 1. The van der Waals surface area contributed by atoms with Crippen LogP contribution in [0.3, 0.4) is 0 Å². The Bertz CT molecular complexity index is 694. The second-order valence-corrected chi connectivity index (χ2v) is 11.6. The van der Waals surface area contributed by atoms with Crippen LogP contribution in [-0.4, -0.2) is 88.2 Å². The first-order valence-corrected chi connectivity index (χ1v) is 13.5. The molecule has 0 aromatic heterocycles. The summed E-state index contributed by atoms with van der Waals surface area (Å²) >= 11 is 1.42. The number of hydrogen-bond acceptors (Lipinski definition) is 8. The Morgan fingerprint density at radius 1 is 1.18 bits per heavy atom. The van der Waals surface area contributed by atoms with Crippen molar-refractivity contribution in [2.45, 2.75) is 94.0 Å². The summed E-state index contributed by atoms with van der Waals surface area (Å²) in [7, 11) is 0. The standard InChI is InChI=1S/C24H40N2O6S/c1-13(2)10-14-7-8-31-21-15(11-14)12-25-17(21)23(30)26-16-6-4-3-5-9-33-24-20(29)18(27)19(28)22(16)32-24/h3-4,13-22,24-25,27-29H,5-12H2,1-2H3,(H,26,30)/t14-,15-,16+,17-,18-,19+,20+,21+,22+,24+/m0/s1. The molecular formula is C24H40N2O6S. The van der Waals surface area contributed by atoms with E-state index in [2.05, 4.69) is 30.6 Å². The highest BCUT2D eigenvalue weighted by Gasteiger charge is 2.48. The molecule has 0 aliphatic carbocycles. The van der Waals surface area contributed by atoms with Gasteiger partial charge in [0.25, 0.3) is 0 Å². The van der Waals surface area contributed by atoms with E-state index in [1.807, 2.05) is 6.08 Å². The van der Waals surface area contributed by atoms with Gasteiger partial charge in [-0.15, -0.1) is 11.8 Å². The minimum absolute atomic E-state index is 0.162. The lowest BCUT2D eigenvalue weighted by Crippen LogP contribution is -2.63. The van der Waals surface area contributed by atoms with Crippen molar-refractivity contribution in [1.29, 1.82) is 0 Å². The van der Waals surface area contributed by atoms with Crippen LogP contribution in [0, 0.1) is 17.8 Å². The van der Waals surface area contributed by atoms with E-state index in [-0.39, 0.29) is 12.0 Å². The van der Waals surface area contributed by atoms with Crippen molar-refractivity contribution < 1.29 is 29.6 Å². The van der Waals surface area contributed by atoms with Gasteiger partial charge in [0.2, 0.25) is 5.91 Å². The second-order valence-electron chi connectivity index (χ2n) is 10.4. The fraction of sp³-hybridized carbons (Fsp3) is 0.875. The van der Waals surface area contributed by atoms with Crippen LogP contribution in [-0.2, 0) is 14.3 Å². The zero-order valence-electron chi connectivity index (χ0n) is 19.6. The van der Waals surface area contributed by atoms with Gasteiger partial charge < -0.3 is 35.4 Å². The largest absolute Gasteiger partial charge is 0.388 e. The molecule has 4 rings (SSSR count). The summed E-state index contributed by atoms with van der Waals surface area (Å²) in [4.78, 5) is 13.4. The zero-order valence-corrected chi connectivity index (χ0v) is 20.5. The third kappa shape index (κ3) is 5.94. The van der Waals surface area contributed by atoms with Crippen LogP contribution in [0.2, 0.25) is 0 Å². The van der Waals surface area contributed by atoms with Gasteiger partial charge in [-0.25, -0.2) is 0 Å². The van der Waals surface area contributed by atoms with Gasteiger partial charge in [-0.05, 0) is 55.6 Å². The number of fused-ring (bicyclic) bond motifs is 3. The highest BCUT2D eigenvalue weighted by atomic mass is 32.2. The fourth-order valence-electron chi connectivity index (χ4n) is 5.78. The number of allylic oxidation sites excluding steroid dienone is 1. The monoisotopic (exact) mass is 484 g/mol. The topological polar surface area (TPSA) is 120 Å². The van der Waals surface area contributed by atoms with Gasteiger partial charge in [0.1, 0.15) is 35.9 Å². The van der Waals surface area contributed by atoms with Crippen LogP contribution in [0.4, 0.5) is 0 Å². The molecule has 10 atom stereocenters. The van der Waals surface area contributed by atoms with Gasteiger partial charge in [0, 0.05) is 13.2 Å². The highest BCUT2D eigenvalue weighted by molar-refractivity contribution is 7.99. The molecule has 2 bridgehead atoms. The summed E-state index contributed by atoms with van der Waals surface area (Å²) in [5.74, 6) is 2.17. The van der Waals surface area contributed by atoms with Crippen LogP contribution in [0.1, 0.15) is 46.0 Å². The number of nitrogens with one attached hydrogen (secondary N) is 2. The number of rotatable bonds is 4. The van der Waals surface area contributed by atoms with Crippen LogP contribution in [0.25, 0.3) is 0 Å². The summed E-state index contributed by atoms with van der Waals surface area (Å²) in [5, 5.41) is 37.8. The molecule has 0 radical (unpaired) electrons. The molecule has 4 heterocycles. The van der Waals surface area contributed by atoms with Crippen LogP contribution >= 0.6 is 11.8 Å². The van der Waals surface area contributed by atoms with Crippen molar-refractivity contribution in [3.05, 3.63) is 12.2 Å². The zero-order chi connectivity index (χ0) is 23.5. The Morgan fingerprint density at radius 2 is 2.00 bits per heavy atom. The highest BCUT2D eigenvalue weighted by Crippen LogP contribution is 2.34. The molecule has 8 nitrogen and oxygen atoms in total. The van der Waals surface area contributed by atoms with E-state index < -0.39 is 41.9 Å². The van der Waals surface area contributed by atoms with Crippen molar-refractivity contribution in [3.63, 3.8) is 0 Å². The van der Waals surface area contributed by atoms with Gasteiger partial charge in [0.15, 0.2) is 0 Å². The first kappa shape index (κ1) is 25.4. The molecule has 9 heteroatoms. The fourth-order valence-corrected chi connectivity index (χ4v) is 6.85. The molecule has 0 unspecified atom stereocenters. The summed E-state index contributed by atoms with van der Waals surface area (Å²) in [6.07, 6.45) is 3.86. The molecule has 3 fully saturated rings. The number of aliphatic hydroxyl groups excluding tert-OH is 3. The summed E-state index contributed by atoms with van der Waals surface area (Å²) in [6, 6.07) is -0.971. The lowest BCUT2D eigenvalue weighted by molar-refractivity contribution is -0.205. The van der Waals surface area contributed by atoms with E-state index >= 15 is 0 Å². The third-order valence-electron chi connectivity index (χ3n) is 7.41. The third-order valence-corrected chi connectivity index (χ3v) is 8.60. The molecule has 5 N–H and O–H groups in total. The van der Waals surface area contributed by atoms with Crippen molar-refractivity contribution >= 4 is 17.7 Å². The molecule has 0 spiro atoms. The minimum Gasteiger partial charge on any atom is -0.388 e. The number of aliphatic hydroxyl groups is 3. The number of hydrogen-bond donors (Lipinski definition) is 5. The second kappa shape index (κ2) is 11.4. The molecular weight excluding hydrogens is 444 g/mol. The van der Waals surface area contributed by atoms with E-state index in [0.717, 1.165) is 31.6 Å². The van der Waals surface area contributed by atoms with Gasteiger partial charge in [-0.3, -0.25) is 4.79 Å². The Balaban J connectivity index is 1.44. The first-order valence-electron chi connectivity index (χ1n) is 12.5. The lowest BCUT2D eigenvalue weighted by Gasteiger charge is -2.43. The molecule has 1 amide bonds. The van der Waals surface area contributed by atoms with Crippen molar-refractivity contribution in [1.82, 2.24) is 10.6 Å². The summed E-state index contributed by atoms with van der Waals surface area (Å²) in [6.45, 7) is 5.93. The van der Waals surface area contributed by atoms with Crippen molar-refractivity contribution in [2.24, 2.45) is 17.8 Å². The smallest absolute Gasteiger partial charge is 0.240 e. The maximum atomic E-state index is 13.4. The molecule has 3 saturated heterocycles. The Kier molecular flexibility index (Phi) is 8.76. The molecule has 0 saturated carbocycles. The van der Waals surface area contributed by atoms with E-state index in [1.165, 1.54) is 18.2 Å². The van der Waals surface area contributed by atoms with Crippen molar-refractivity contribution in [3.8, 4) is 0 Å². The molecule has 188 valence electrons. The maximum absolute atomic E-state index is 13.4. The SMILES string of the molecule is CC(C)C[C@@H]1CCO[C@@H]2[C@H](CN[C@@H]2C(=O)N[C@@H]2CC=CCCS[C@H]3O[C@H]2[C@H](O)[C@H](O)[C@H]3O)C1. The number of amides is 1. The van der Waals surface area contributed by atoms with E-state index in [9.17, 15) is 20.1 Å². The van der Waals surface area contributed by atoms with E-state index in [4.69, 9.17) is 9.47 Å². The first-order chi connectivity index (χ1) is 15.8. The van der Waals surface area contributed by atoms with Gasteiger partial charge >= 0.3 is 0 Å².